The van der Waals surface area contributed by atoms with Crippen molar-refractivity contribution in [2.24, 2.45) is 7.05 Å². The fraction of sp³-hybridized carbons (Fsp3) is 0.200. The van der Waals surface area contributed by atoms with E-state index in [-0.39, 0.29) is 5.91 Å². The zero-order valence-electron chi connectivity index (χ0n) is 14.9. The van der Waals surface area contributed by atoms with Crippen LogP contribution in [0.25, 0.3) is 16.9 Å². The Morgan fingerprint density at radius 3 is 2.89 bits per heavy atom. The lowest BCUT2D eigenvalue weighted by atomic mass is 10.1. The molecule has 1 aliphatic rings. The first-order valence-electron chi connectivity index (χ1n) is 8.89. The summed E-state index contributed by atoms with van der Waals surface area (Å²) in [5.41, 5.74) is 5.22. The van der Waals surface area contributed by atoms with Crippen LogP contribution in [-0.4, -0.2) is 41.5 Å². The number of imidazole rings is 1. The average Bonchev–Trinajstić information content (AvgIpc) is 3.37. The number of carbonyl (C=O) groups is 1. The molecule has 134 valence electrons. The molecule has 0 bridgehead atoms. The number of aryl methyl sites for hydroxylation is 1. The predicted molar refractivity (Wildman–Crippen MR) is 100 cm³/mol. The zero-order chi connectivity index (χ0) is 18.4. The Balaban J connectivity index is 1.39. The molecule has 7 nitrogen and oxygen atoms in total. The summed E-state index contributed by atoms with van der Waals surface area (Å²) in [7, 11) is 1.88. The standard InChI is InChI=1S/C20H18N6O/c1-24-17(6-9-22-24)15-5-8-21-16-13-26(20(27)19(15)16)11-7-14-12-25-10-3-2-4-18(25)23-14/h2-6,8-10,12H,7,11,13H2,1H3. The highest BCUT2D eigenvalue weighted by Crippen LogP contribution is 2.31. The third-order valence-corrected chi connectivity index (χ3v) is 5.02. The summed E-state index contributed by atoms with van der Waals surface area (Å²) >= 11 is 0. The van der Waals surface area contributed by atoms with Gasteiger partial charge in [-0.1, -0.05) is 6.07 Å². The Kier molecular flexibility index (Phi) is 3.53. The van der Waals surface area contributed by atoms with Gasteiger partial charge in [0, 0.05) is 50.4 Å². The van der Waals surface area contributed by atoms with E-state index in [0.717, 1.165) is 28.3 Å². The Bertz CT molecular complexity index is 1130. The third-order valence-electron chi connectivity index (χ3n) is 5.02. The Hall–Kier alpha value is -3.48. The van der Waals surface area contributed by atoms with Gasteiger partial charge in [-0.15, -0.1) is 0 Å². The number of hydrogen-bond donors (Lipinski definition) is 0. The maximum atomic E-state index is 13.0. The first kappa shape index (κ1) is 15.7. The minimum Gasteiger partial charge on any atom is -0.332 e. The topological polar surface area (TPSA) is 68.3 Å². The van der Waals surface area contributed by atoms with Crippen molar-refractivity contribution in [2.75, 3.05) is 6.54 Å². The Morgan fingerprint density at radius 2 is 2.07 bits per heavy atom. The summed E-state index contributed by atoms with van der Waals surface area (Å²) in [6.45, 7) is 1.15. The second kappa shape index (κ2) is 6.05. The van der Waals surface area contributed by atoms with E-state index in [1.165, 1.54) is 0 Å². The van der Waals surface area contributed by atoms with Crippen LogP contribution in [0.4, 0.5) is 0 Å². The van der Waals surface area contributed by atoms with Crippen LogP contribution < -0.4 is 0 Å². The summed E-state index contributed by atoms with van der Waals surface area (Å²) in [6.07, 6.45) is 8.21. The highest BCUT2D eigenvalue weighted by atomic mass is 16.2. The summed E-state index contributed by atoms with van der Waals surface area (Å²) in [5.74, 6) is 0.0260. The normalized spacial score (nSPS) is 13.5. The maximum Gasteiger partial charge on any atom is 0.256 e. The van der Waals surface area contributed by atoms with Crippen LogP contribution in [0.5, 0.6) is 0 Å². The van der Waals surface area contributed by atoms with Crippen LogP contribution >= 0.6 is 0 Å². The van der Waals surface area contributed by atoms with Gasteiger partial charge in [0.05, 0.1) is 29.2 Å². The van der Waals surface area contributed by atoms with Crippen LogP contribution in [0, 0.1) is 0 Å². The Morgan fingerprint density at radius 1 is 1.15 bits per heavy atom. The van der Waals surface area contributed by atoms with Gasteiger partial charge in [-0.05, 0) is 24.3 Å². The molecule has 5 rings (SSSR count). The van der Waals surface area contributed by atoms with Crippen molar-refractivity contribution in [2.45, 2.75) is 13.0 Å². The SMILES string of the molecule is Cn1nccc1-c1ccnc2c1C(=O)N(CCc1cn3ccccc3n1)C2. The number of pyridine rings is 2. The molecule has 0 aromatic carbocycles. The summed E-state index contributed by atoms with van der Waals surface area (Å²) in [5, 5.41) is 4.22. The third kappa shape index (κ3) is 2.59. The van der Waals surface area contributed by atoms with Gasteiger partial charge in [-0.25, -0.2) is 4.98 Å². The maximum absolute atomic E-state index is 13.0. The number of hydrogen-bond acceptors (Lipinski definition) is 4. The second-order valence-electron chi connectivity index (χ2n) is 6.70. The summed E-state index contributed by atoms with van der Waals surface area (Å²) in [6, 6.07) is 9.73. The van der Waals surface area contributed by atoms with E-state index in [9.17, 15) is 4.79 Å². The van der Waals surface area contributed by atoms with Crippen LogP contribution in [0.2, 0.25) is 0 Å². The average molecular weight is 358 g/mol. The lowest BCUT2D eigenvalue weighted by molar-refractivity contribution is 0.0780. The molecule has 7 heteroatoms. The van der Waals surface area contributed by atoms with Crippen LogP contribution in [-0.2, 0) is 20.0 Å². The van der Waals surface area contributed by atoms with Crippen LogP contribution in [0.3, 0.4) is 0 Å². The number of carbonyl (C=O) groups excluding carboxylic acids is 1. The molecule has 1 amide bonds. The lowest BCUT2D eigenvalue weighted by Crippen LogP contribution is -2.26. The highest BCUT2D eigenvalue weighted by molar-refractivity contribution is 6.03. The van der Waals surface area contributed by atoms with Crippen LogP contribution in [0.1, 0.15) is 21.7 Å². The molecule has 0 unspecified atom stereocenters. The van der Waals surface area contributed by atoms with E-state index < -0.39 is 0 Å². The van der Waals surface area contributed by atoms with Crippen molar-refractivity contribution in [1.82, 2.24) is 29.0 Å². The predicted octanol–water partition coefficient (Wildman–Crippen LogP) is 2.33. The van der Waals surface area contributed by atoms with Gasteiger partial charge in [-0.3, -0.25) is 14.5 Å². The molecule has 0 aliphatic carbocycles. The molecular formula is C20H18N6O. The monoisotopic (exact) mass is 358 g/mol. The van der Waals surface area contributed by atoms with E-state index in [4.69, 9.17) is 0 Å². The first-order valence-corrected chi connectivity index (χ1v) is 8.89. The molecule has 0 saturated heterocycles. The van der Waals surface area contributed by atoms with Crippen molar-refractivity contribution in [3.8, 4) is 11.3 Å². The fourth-order valence-electron chi connectivity index (χ4n) is 3.66. The molecule has 5 heterocycles. The molecular weight excluding hydrogens is 340 g/mol. The minimum atomic E-state index is 0.0260. The molecule has 1 aliphatic heterocycles. The van der Waals surface area contributed by atoms with Crippen molar-refractivity contribution >= 4 is 11.6 Å². The smallest absolute Gasteiger partial charge is 0.256 e. The highest BCUT2D eigenvalue weighted by Gasteiger charge is 2.31. The number of amides is 1. The molecule has 4 aromatic heterocycles. The van der Waals surface area contributed by atoms with E-state index in [0.29, 0.717) is 25.1 Å². The van der Waals surface area contributed by atoms with Gasteiger partial charge in [-0.2, -0.15) is 5.10 Å². The van der Waals surface area contributed by atoms with E-state index >= 15 is 0 Å². The summed E-state index contributed by atoms with van der Waals surface area (Å²) < 4.78 is 3.78. The van der Waals surface area contributed by atoms with Crippen LogP contribution in [0.15, 0.2) is 55.1 Å². The van der Waals surface area contributed by atoms with Gasteiger partial charge in [0.1, 0.15) is 5.65 Å². The van der Waals surface area contributed by atoms with Crippen molar-refractivity contribution in [3.05, 3.63) is 72.1 Å². The quantitative estimate of drug-likeness (QED) is 0.561. The van der Waals surface area contributed by atoms with Crippen molar-refractivity contribution in [1.29, 1.82) is 0 Å². The molecule has 0 radical (unpaired) electrons. The number of aromatic nitrogens is 5. The fourth-order valence-corrected chi connectivity index (χ4v) is 3.66. The van der Waals surface area contributed by atoms with Crippen molar-refractivity contribution in [3.63, 3.8) is 0 Å². The number of rotatable bonds is 4. The number of nitrogens with zero attached hydrogens (tertiary/aromatic N) is 6. The largest absolute Gasteiger partial charge is 0.332 e. The molecule has 0 N–H and O–H groups in total. The molecule has 4 aromatic rings. The molecule has 0 saturated carbocycles. The van der Waals surface area contributed by atoms with E-state index in [1.807, 2.05) is 59.1 Å². The van der Waals surface area contributed by atoms with Gasteiger partial charge in [0.25, 0.3) is 5.91 Å². The van der Waals surface area contributed by atoms with Gasteiger partial charge in [0.15, 0.2) is 0 Å². The number of fused-ring (bicyclic) bond motifs is 2. The molecule has 0 spiro atoms. The second-order valence-corrected chi connectivity index (χ2v) is 6.70. The lowest BCUT2D eigenvalue weighted by Gasteiger charge is -2.14. The molecule has 27 heavy (non-hydrogen) atoms. The van der Waals surface area contributed by atoms with E-state index in [2.05, 4.69) is 15.1 Å². The summed E-state index contributed by atoms with van der Waals surface area (Å²) in [4.78, 5) is 24.0. The molecule has 0 atom stereocenters. The molecule has 0 fully saturated rings. The van der Waals surface area contributed by atoms with Gasteiger partial charge < -0.3 is 9.30 Å². The van der Waals surface area contributed by atoms with Crippen molar-refractivity contribution < 1.29 is 4.79 Å². The van der Waals surface area contributed by atoms with Gasteiger partial charge >= 0.3 is 0 Å². The van der Waals surface area contributed by atoms with Gasteiger partial charge in [0.2, 0.25) is 0 Å². The first-order chi connectivity index (χ1) is 13.2. The van der Waals surface area contributed by atoms with E-state index in [1.54, 1.807) is 17.1 Å². The minimum absolute atomic E-state index is 0.0260. The zero-order valence-corrected chi connectivity index (χ0v) is 14.9. The Labute approximate surface area is 155 Å².